The standard InChI is InChI=1S/C15H19BrN2O2/c16-12-5-3-10(4-6-12)11-2-1-9(7-11)8-18-14-13(20-14)17-15(18)19/h3,5-6,9-11,13-14H,1-2,4,7-8H2,(H,17,19)/t9?,10?,11-,13+,14?/m1/s1. The minimum atomic E-state index is -0.0246. The lowest BCUT2D eigenvalue weighted by Gasteiger charge is -2.23. The third-order valence-corrected chi connectivity index (χ3v) is 5.62. The van der Waals surface area contributed by atoms with Crippen LogP contribution in [0.3, 0.4) is 0 Å². The van der Waals surface area contributed by atoms with Crippen LogP contribution in [-0.2, 0) is 4.74 Å². The van der Waals surface area contributed by atoms with Crippen molar-refractivity contribution in [2.24, 2.45) is 17.8 Å². The Hall–Kier alpha value is -0.810. The van der Waals surface area contributed by atoms with Crippen molar-refractivity contribution in [3.8, 4) is 0 Å². The van der Waals surface area contributed by atoms with E-state index in [0.717, 1.165) is 18.9 Å². The molecule has 3 fully saturated rings. The first kappa shape index (κ1) is 12.9. The maximum Gasteiger partial charge on any atom is 0.321 e. The minimum absolute atomic E-state index is 0.0232. The number of allylic oxidation sites excluding steroid dienone is 4. The first-order valence-corrected chi connectivity index (χ1v) is 8.26. The molecule has 2 heterocycles. The first-order chi connectivity index (χ1) is 9.70. The quantitative estimate of drug-likeness (QED) is 0.804. The number of ether oxygens (including phenoxy) is 1. The number of carbonyl (C=O) groups is 1. The van der Waals surface area contributed by atoms with E-state index in [2.05, 4.69) is 39.5 Å². The smallest absolute Gasteiger partial charge is 0.321 e. The first-order valence-electron chi connectivity index (χ1n) is 7.47. The molecule has 4 rings (SSSR count). The Morgan fingerprint density at radius 3 is 3.05 bits per heavy atom. The van der Waals surface area contributed by atoms with Gasteiger partial charge in [0, 0.05) is 11.0 Å². The van der Waals surface area contributed by atoms with Gasteiger partial charge in [-0.1, -0.05) is 34.2 Å². The Kier molecular flexibility index (Phi) is 3.15. The number of carbonyl (C=O) groups excluding carboxylic acids is 1. The van der Waals surface area contributed by atoms with Gasteiger partial charge in [0.2, 0.25) is 0 Å². The van der Waals surface area contributed by atoms with Crippen molar-refractivity contribution in [2.75, 3.05) is 6.54 Å². The van der Waals surface area contributed by atoms with Crippen LogP contribution in [0.5, 0.6) is 0 Å². The maximum absolute atomic E-state index is 11.7. The van der Waals surface area contributed by atoms with Crippen LogP contribution in [0.15, 0.2) is 22.7 Å². The van der Waals surface area contributed by atoms with Crippen molar-refractivity contribution in [3.63, 3.8) is 0 Å². The lowest BCUT2D eigenvalue weighted by Crippen LogP contribution is -2.37. The fourth-order valence-corrected chi connectivity index (χ4v) is 4.20. The Bertz CT molecular complexity index is 490. The number of fused-ring (bicyclic) bond motifs is 1. The molecule has 4 aliphatic rings. The Morgan fingerprint density at radius 2 is 2.35 bits per heavy atom. The monoisotopic (exact) mass is 338 g/mol. The Labute approximate surface area is 127 Å². The van der Waals surface area contributed by atoms with Crippen LogP contribution in [0, 0.1) is 17.8 Å². The van der Waals surface area contributed by atoms with Crippen LogP contribution >= 0.6 is 15.9 Å². The van der Waals surface area contributed by atoms with Crippen molar-refractivity contribution in [1.29, 1.82) is 0 Å². The van der Waals surface area contributed by atoms with Crippen LogP contribution < -0.4 is 5.32 Å². The molecule has 3 unspecified atom stereocenters. The number of rotatable bonds is 3. The Morgan fingerprint density at radius 1 is 1.45 bits per heavy atom. The summed E-state index contributed by atoms with van der Waals surface area (Å²) in [6.07, 6.45) is 11.7. The van der Waals surface area contributed by atoms with E-state index in [-0.39, 0.29) is 18.5 Å². The molecule has 0 spiro atoms. The van der Waals surface area contributed by atoms with Gasteiger partial charge in [-0.25, -0.2) is 4.79 Å². The molecule has 20 heavy (non-hydrogen) atoms. The SMILES string of the molecule is O=C1N[C@H]2OC2N1CC1CC[C@@H](C2C=CC(Br)=CC2)C1. The third-order valence-electron chi connectivity index (χ3n) is 5.03. The van der Waals surface area contributed by atoms with Crippen LogP contribution in [-0.4, -0.2) is 29.9 Å². The summed E-state index contributed by atoms with van der Waals surface area (Å²) in [5, 5.41) is 2.83. The van der Waals surface area contributed by atoms with E-state index >= 15 is 0 Å². The van der Waals surface area contributed by atoms with E-state index in [0.29, 0.717) is 11.8 Å². The molecule has 2 aliphatic heterocycles. The highest BCUT2D eigenvalue weighted by atomic mass is 79.9. The van der Waals surface area contributed by atoms with Gasteiger partial charge in [-0.2, -0.15) is 0 Å². The van der Waals surface area contributed by atoms with Gasteiger partial charge >= 0.3 is 6.03 Å². The predicted molar refractivity (Wildman–Crippen MR) is 79.0 cm³/mol. The number of amides is 2. The average molecular weight is 339 g/mol. The number of urea groups is 1. The van der Waals surface area contributed by atoms with Gasteiger partial charge in [-0.05, 0) is 43.4 Å². The molecule has 0 bridgehead atoms. The summed E-state index contributed by atoms with van der Waals surface area (Å²) in [6.45, 7) is 0.861. The van der Waals surface area contributed by atoms with Crippen LogP contribution in [0.1, 0.15) is 25.7 Å². The number of epoxide rings is 1. The van der Waals surface area contributed by atoms with Crippen molar-refractivity contribution in [3.05, 3.63) is 22.7 Å². The fourth-order valence-electron chi connectivity index (χ4n) is 3.86. The second-order valence-corrected chi connectivity index (χ2v) is 7.25. The van der Waals surface area contributed by atoms with Gasteiger partial charge in [0.15, 0.2) is 12.5 Å². The van der Waals surface area contributed by atoms with E-state index in [1.165, 1.54) is 23.7 Å². The second-order valence-electron chi connectivity index (χ2n) is 6.34. The topological polar surface area (TPSA) is 44.9 Å². The summed E-state index contributed by atoms with van der Waals surface area (Å²) in [4.78, 5) is 13.6. The molecule has 1 saturated carbocycles. The molecule has 2 amide bonds. The lowest BCUT2D eigenvalue weighted by atomic mass is 9.85. The van der Waals surface area contributed by atoms with Crippen LogP contribution in [0.2, 0.25) is 0 Å². The van der Waals surface area contributed by atoms with Gasteiger partial charge in [0.1, 0.15) is 0 Å². The minimum Gasteiger partial charge on any atom is -0.326 e. The zero-order valence-electron chi connectivity index (χ0n) is 11.3. The molecular formula is C15H19BrN2O2. The van der Waals surface area contributed by atoms with Crippen molar-refractivity contribution in [2.45, 2.75) is 38.1 Å². The highest BCUT2D eigenvalue weighted by Gasteiger charge is 2.54. The highest BCUT2D eigenvalue weighted by molar-refractivity contribution is 9.11. The van der Waals surface area contributed by atoms with Crippen molar-refractivity contribution in [1.82, 2.24) is 10.2 Å². The van der Waals surface area contributed by atoms with E-state index in [1.54, 1.807) is 0 Å². The Balaban J connectivity index is 1.32. The molecule has 2 saturated heterocycles. The lowest BCUT2D eigenvalue weighted by molar-refractivity contribution is 0.144. The molecule has 108 valence electrons. The molecule has 2 aliphatic carbocycles. The number of hydrogen-bond donors (Lipinski definition) is 1. The molecule has 0 aromatic heterocycles. The van der Waals surface area contributed by atoms with Gasteiger partial charge < -0.3 is 10.1 Å². The number of hydrogen-bond acceptors (Lipinski definition) is 2. The van der Waals surface area contributed by atoms with Crippen molar-refractivity contribution >= 4 is 22.0 Å². The van der Waals surface area contributed by atoms with E-state index in [1.807, 2.05) is 4.90 Å². The zero-order chi connectivity index (χ0) is 13.7. The fraction of sp³-hybridized carbons (Fsp3) is 0.667. The number of halogens is 1. The highest BCUT2D eigenvalue weighted by Crippen LogP contribution is 2.41. The molecule has 4 nitrogen and oxygen atoms in total. The van der Waals surface area contributed by atoms with Crippen LogP contribution in [0.25, 0.3) is 0 Å². The number of nitrogens with zero attached hydrogens (tertiary/aromatic N) is 1. The zero-order valence-corrected chi connectivity index (χ0v) is 12.9. The van der Waals surface area contributed by atoms with E-state index in [4.69, 9.17) is 4.74 Å². The number of nitrogens with one attached hydrogen (secondary N) is 1. The van der Waals surface area contributed by atoms with E-state index in [9.17, 15) is 4.79 Å². The van der Waals surface area contributed by atoms with Gasteiger partial charge in [0.25, 0.3) is 0 Å². The largest absolute Gasteiger partial charge is 0.326 e. The molecular weight excluding hydrogens is 320 g/mol. The summed E-state index contributed by atoms with van der Waals surface area (Å²) in [6, 6.07) is 0.0547. The predicted octanol–water partition coefficient (Wildman–Crippen LogP) is 2.97. The van der Waals surface area contributed by atoms with E-state index < -0.39 is 0 Å². The van der Waals surface area contributed by atoms with Crippen molar-refractivity contribution < 1.29 is 9.53 Å². The molecule has 5 heteroatoms. The molecule has 5 atom stereocenters. The normalized spacial score (nSPS) is 42.5. The summed E-state index contributed by atoms with van der Waals surface area (Å²) in [5.41, 5.74) is 0. The molecule has 1 N–H and O–H groups in total. The average Bonchev–Trinajstić information content (AvgIpc) is 2.91. The second kappa shape index (κ2) is 4.88. The third kappa shape index (κ3) is 2.31. The summed E-state index contributed by atoms with van der Waals surface area (Å²) in [5.74, 6) is 2.09. The molecule has 0 aromatic carbocycles. The molecule has 0 aromatic rings. The summed E-state index contributed by atoms with van der Waals surface area (Å²) < 4.78 is 6.57. The van der Waals surface area contributed by atoms with Crippen LogP contribution in [0.4, 0.5) is 4.79 Å². The van der Waals surface area contributed by atoms with Gasteiger partial charge in [0.05, 0.1) is 0 Å². The summed E-state index contributed by atoms with van der Waals surface area (Å²) >= 11 is 3.52. The maximum atomic E-state index is 11.7. The summed E-state index contributed by atoms with van der Waals surface area (Å²) in [7, 11) is 0. The molecule has 0 radical (unpaired) electrons. The van der Waals surface area contributed by atoms with Gasteiger partial charge in [-0.15, -0.1) is 0 Å². The van der Waals surface area contributed by atoms with Gasteiger partial charge in [-0.3, -0.25) is 4.90 Å².